The Bertz CT molecular complexity index is 46.8. The summed E-state index contributed by atoms with van der Waals surface area (Å²) < 4.78 is 0.532. The van der Waals surface area contributed by atoms with E-state index in [0.717, 1.165) is 0 Å². The van der Waals surface area contributed by atoms with Crippen molar-refractivity contribution in [2.75, 3.05) is 7.05 Å². The molecule has 0 saturated heterocycles. The Morgan fingerprint density at radius 2 is 2.00 bits per heavy atom. The van der Waals surface area contributed by atoms with E-state index in [2.05, 4.69) is 30.2 Å². The molecule has 4 heteroatoms. The molecule has 1 nitrogen and oxygen atoms in total. The van der Waals surface area contributed by atoms with Crippen LogP contribution in [0.15, 0.2) is 0 Å². The van der Waals surface area contributed by atoms with E-state index in [9.17, 15) is 0 Å². The van der Waals surface area contributed by atoms with Crippen LogP contribution in [-0.2, 0) is 16.5 Å². The van der Waals surface area contributed by atoms with E-state index in [0.29, 0.717) is 4.32 Å². The van der Waals surface area contributed by atoms with Crippen molar-refractivity contribution in [1.29, 1.82) is 0 Å². The maximum atomic E-state index is 4.45. The Morgan fingerprint density at radius 1 is 1.83 bits per heavy atom. The number of hydrogen-bond donors (Lipinski definition) is 2. The van der Waals surface area contributed by atoms with Gasteiger partial charge in [-0.05, 0) is 0 Å². The number of nitrogens with one attached hydrogen (secondary N) is 1. The van der Waals surface area contributed by atoms with Crippen LogP contribution in [0.3, 0.4) is 0 Å². The maximum Gasteiger partial charge on any atom is 0.130 e. The quantitative estimate of drug-likeness (QED) is 0.307. The molecule has 0 spiro atoms. The van der Waals surface area contributed by atoms with Crippen molar-refractivity contribution >= 4 is 29.2 Å². The van der Waals surface area contributed by atoms with Crippen LogP contribution >= 0.6 is 24.8 Å². The molecule has 0 amide bonds. The molecular weight excluding hydrogens is 161 g/mol. The first-order valence-corrected chi connectivity index (χ1v) is 2.03. The van der Waals surface area contributed by atoms with Gasteiger partial charge in [-0.3, -0.25) is 0 Å². The molecule has 0 radical (unpaired) electrons. The summed E-state index contributed by atoms with van der Waals surface area (Å²) in [4.78, 5) is 0. The van der Waals surface area contributed by atoms with Gasteiger partial charge in [-0.2, -0.15) is 0 Å². The zero-order valence-corrected chi connectivity index (χ0v) is 5.87. The van der Waals surface area contributed by atoms with Gasteiger partial charge in [-0.25, -0.2) is 0 Å². The van der Waals surface area contributed by atoms with Gasteiger partial charge < -0.3 is 5.32 Å². The summed E-state index contributed by atoms with van der Waals surface area (Å²) in [5.41, 5.74) is 0. The van der Waals surface area contributed by atoms with E-state index in [4.69, 9.17) is 0 Å². The molecule has 1 N–H and O–H groups in total. The van der Waals surface area contributed by atoms with Crippen LogP contribution in [0.4, 0.5) is 0 Å². The molecular formula is C2H5NNiS2. The Morgan fingerprint density at radius 3 is 2.00 bits per heavy atom. The van der Waals surface area contributed by atoms with Crippen LogP contribution < -0.4 is 5.32 Å². The first kappa shape index (κ1) is 9.88. The summed E-state index contributed by atoms with van der Waals surface area (Å²) in [5.74, 6) is 0. The number of thiocarbonyl (C=S) groups is 1. The van der Waals surface area contributed by atoms with Crippen molar-refractivity contribution in [1.82, 2.24) is 5.32 Å². The van der Waals surface area contributed by atoms with Gasteiger partial charge in [0.05, 0.1) is 0 Å². The van der Waals surface area contributed by atoms with Crippen LogP contribution in [-0.4, -0.2) is 11.4 Å². The van der Waals surface area contributed by atoms with E-state index >= 15 is 0 Å². The number of hydrogen-bond acceptors (Lipinski definition) is 1. The van der Waals surface area contributed by atoms with E-state index in [1.807, 2.05) is 0 Å². The fourth-order valence-corrected chi connectivity index (χ4v) is 0. The molecule has 0 aliphatic heterocycles. The maximum absolute atomic E-state index is 4.45. The topological polar surface area (TPSA) is 12.0 Å². The number of thiol groups is 1. The van der Waals surface area contributed by atoms with Crippen molar-refractivity contribution in [2.45, 2.75) is 0 Å². The predicted octanol–water partition coefficient (Wildman–Crippen LogP) is 0.418. The van der Waals surface area contributed by atoms with Crippen LogP contribution in [0, 0.1) is 0 Å². The number of rotatable bonds is 0. The van der Waals surface area contributed by atoms with Crippen molar-refractivity contribution < 1.29 is 16.5 Å². The van der Waals surface area contributed by atoms with Gasteiger partial charge in [0.1, 0.15) is 4.32 Å². The zero-order valence-electron chi connectivity index (χ0n) is 3.17. The smallest absolute Gasteiger partial charge is 0.130 e. The average molecular weight is 166 g/mol. The molecule has 0 heterocycles. The second kappa shape index (κ2) is 5.73. The first-order valence-electron chi connectivity index (χ1n) is 1.18. The third-order valence-corrected chi connectivity index (χ3v) is 0.642. The van der Waals surface area contributed by atoms with Gasteiger partial charge in [0.25, 0.3) is 0 Å². The SMILES string of the molecule is CNC(=S)S.[Ni]. The Hall–Kier alpha value is 0.734. The minimum absolute atomic E-state index is 0. The van der Waals surface area contributed by atoms with E-state index < -0.39 is 0 Å². The molecule has 0 aromatic rings. The second-order valence-corrected chi connectivity index (χ2v) is 1.71. The van der Waals surface area contributed by atoms with E-state index in [1.165, 1.54) is 0 Å². The first-order chi connectivity index (χ1) is 2.27. The average Bonchev–Trinajstić information content (AvgIpc) is 1.38. The summed E-state index contributed by atoms with van der Waals surface area (Å²) in [5, 5.41) is 2.62. The molecule has 0 atom stereocenters. The minimum atomic E-state index is 0. The van der Waals surface area contributed by atoms with Crippen LogP contribution in [0.25, 0.3) is 0 Å². The van der Waals surface area contributed by atoms with Crippen LogP contribution in [0.1, 0.15) is 0 Å². The third kappa shape index (κ3) is 8.83. The fourth-order valence-electron chi connectivity index (χ4n) is 0. The summed E-state index contributed by atoms with van der Waals surface area (Å²) in [7, 11) is 1.73. The Kier molecular flexibility index (Phi) is 9.44. The molecule has 0 saturated carbocycles. The predicted molar refractivity (Wildman–Crippen MR) is 30.6 cm³/mol. The Balaban J connectivity index is 0. The molecule has 0 rings (SSSR count). The van der Waals surface area contributed by atoms with Crippen molar-refractivity contribution in [2.24, 2.45) is 0 Å². The molecule has 40 valence electrons. The van der Waals surface area contributed by atoms with Gasteiger partial charge in [0, 0.05) is 23.5 Å². The zero-order chi connectivity index (χ0) is 4.28. The monoisotopic (exact) mass is 165 g/mol. The third-order valence-electron chi connectivity index (χ3n) is 0.214. The minimum Gasteiger partial charge on any atom is -0.374 e. The molecule has 6 heavy (non-hydrogen) atoms. The summed E-state index contributed by atoms with van der Waals surface area (Å²) in [6.45, 7) is 0. The summed E-state index contributed by atoms with van der Waals surface area (Å²) in [6, 6.07) is 0. The Labute approximate surface area is 58.2 Å². The van der Waals surface area contributed by atoms with E-state index in [-0.39, 0.29) is 16.5 Å². The van der Waals surface area contributed by atoms with Gasteiger partial charge in [-0.1, -0.05) is 12.2 Å². The molecule has 0 unspecified atom stereocenters. The molecule has 0 fully saturated rings. The fraction of sp³-hybridized carbons (Fsp3) is 0.500. The molecule has 0 aliphatic rings. The van der Waals surface area contributed by atoms with Gasteiger partial charge in [0.2, 0.25) is 0 Å². The molecule has 0 aliphatic carbocycles. The van der Waals surface area contributed by atoms with Crippen molar-refractivity contribution in [3.63, 3.8) is 0 Å². The second-order valence-electron chi connectivity index (χ2n) is 0.555. The van der Waals surface area contributed by atoms with Gasteiger partial charge >= 0.3 is 0 Å². The normalized spacial score (nSPS) is 5.67. The van der Waals surface area contributed by atoms with Crippen molar-refractivity contribution in [3.05, 3.63) is 0 Å². The standard InChI is InChI=1S/C2H5NS2.Ni/c1-3-2(4)5;/h1H3,(H2,3,4,5);. The van der Waals surface area contributed by atoms with Crippen molar-refractivity contribution in [3.8, 4) is 0 Å². The summed E-state index contributed by atoms with van der Waals surface area (Å²) >= 11 is 8.17. The van der Waals surface area contributed by atoms with Gasteiger partial charge in [0.15, 0.2) is 0 Å². The van der Waals surface area contributed by atoms with Gasteiger partial charge in [-0.15, -0.1) is 12.6 Å². The molecule has 0 aromatic carbocycles. The molecule has 0 bridgehead atoms. The molecule has 0 aromatic heterocycles. The van der Waals surface area contributed by atoms with Crippen LogP contribution in [0.2, 0.25) is 0 Å². The van der Waals surface area contributed by atoms with E-state index in [1.54, 1.807) is 7.05 Å². The largest absolute Gasteiger partial charge is 0.374 e. The summed E-state index contributed by atoms with van der Waals surface area (Å²) in [6.07, 6.45) is 0. The van der Waals surface area contributed by atoms with Crippen LogP contribution in [0.5, 0.6) is 0 Å².